The highest BCUT2D eigenvalue weighted by Crippen LogP contribution is 2.10. The molecular weight excluding hydrogens is 220 g/mol. The van der Waals surface area contributed by atoms with Gasteiger partial charge in [-0.05, 0) is 27.7 Å². The first-order valence-corrected chi connectivity index (χ1v) is 5.44. The van der Waals surface area contributed by atoms with Crippen LogP contribution in [0.25, 0.3) is 0 Å². The van der Waals surface area contributed by atoms with E-state index >= 15 is 0 Å². The molecule has 1 atom stereocenters. The molecule has 0 rings (SSSR count). The van der Waals surface area contributed by atoms with Crippen molar-refractivity contribution in [3.63, 3.8) is 0 Å². The topological polar surface area (TPSA) is 81.4 Å². The highest BCUT2D eigenvalue weighted by atomic mass is 16.4. The van der Waals surface area contributed by atoms with Gasteiger partial charge in [-0.3, -0.25) is 4.79 Å². The Kier molecular flexibility index (Phi) is 5.97. The maximum absolute atomic E-state index is 12.0. The van der Waals surface area contributed by atoms with Crippen molar-refractivity contribution >= 4 is 11.9 Å². The zero-order chi connectivity index (χ0) is 13.6. The first-order chi connectivity index (χ1) is 7.84. The number of nitriles is 1. The first-order valence-electron chi connectivity index (χ1n) is 5.44. The molecule has 0 aliphatic rings. The molecule has 5 heteroatoms. The van der Waals surface area contributed by atoms with Gasteiger partial charge in [-0.1, -0.05) is 0 Å². The molecule has 0 saturated heterocycles. The fraction of sp³-hybridized carbons (Fsp3) is 0.583. The molecule has 0 fully saturated rings. The van der Waals surface area contributed by atoms with Gasteiger partial charge in [-0.2, -0.15) is 5.26 Å². The Balaban J connectivity index is 4.95. The number of hydrogen-bond donors (Lipinski definition) is 1. The molecule has 0 aliphatic carbocycles. The predicted molar refractivity (Wildman–Crippen MR) is 63.0 cm³/mol. The van der Waals surface area contributed by atoms with Crippen molar-refractivity contribution in [2.24, 2.45) is 5.92 Å². The minimum atomic E-state index is -1.10. The quantitative estimate of drug-likeness (QED) is 0.734. The molecule has 0 radical (unpaired) electrons. The molecule has 0 aromatic carbocycles. The highest BCUT2D eigenvalue weighted by molar-refractivity contribution is 6.01. The van der Waals surface area contributed by atoms with E-state index in [2.05, 4.69) is 0 Å². The molecule has 5 nitrogen and oxygen atoms in total. The fourth-order valence-corrected chi connectivity index (χ4v) is 1.28. The standard InChI is InChI=1S/C12H18N2O3/c1-5-14(7-8(2)6-13)11(15)9(3)10(4)12(16)17/h8H,5,7H2,1-4H3,(H,16,17). The fourth-order valence-electron chi connectivity index (χ4n) is 1.28. The number of carbonyl (C=O) groups is 2. The Morgan fingerprint density at radius 3 is 2.24 bits per heavy atom. The van der Waals surface area contributed by atoms with Crippen LogP contribution in [0.2, 0.25) is 0 Å². The predicted octanol–water partition coefficient (Wildman–Crippen LogP) is 1.42. The third-order valence-electron chi connectivity index (χ3n) is 2.59. The van der Waals surface area contributed by atoms with Crippen LogP contribution in [-0.2, 0) is 9.59 Å². The Bertz CT molecular complexity index is 380. The van der Waals surface area contributed by atoms with Gasteiger partial charge < -0.3 is 10.0 Å². The van der Waals surface area contributed by atoms with Gasteiger partial charge in [0.2, 0.25) is 5.91 Å². The molecule has 0 aromatic heterocycles. The Labute approximate surface area is 101 Å². The van der Waals surface area contributed by atoms with Gasteiger partial charge in [0.1, 0.15) is 0 Å². The van der Waals surface area contributed by atoms with Crippen molar-refractivity contribution in [2.75, 3.05) is 13.1 Å². The van der Waals surface area contributed by atoms with Gasteiger partial charge in [-0.25, -0.2) is 4.79 Å². The minimum Gasteiger partial charge on any atom is -0.478 e. The second kappa shape index (κ2) is 6.69. The largest absolute Gasteiger partial charge is 0.478 e. The normalized spacial score (nSPS) is 13.4. The van der Waals surface area contributed by atoms with Crippen LogP contribution >= 0.6 is 0 Å². The van der Waals surface area contributed by atoms with E-state index in [1.54, 1.807) is 13.8 Å². The van der Waals surface area contributed by atoms with E-state index in [-0.39, 0.29) is 23.0 Å². The molecule has 0 aliphatic heterocycles. The minimum absolute atomic E-state index is 0.0399. The number of carboxylic acid groups (broad SMARTS) is 1. The molecule has 0 bridgehead atoms. The SMILES string of the molecule is CCN(CC(C)C#N)C(=O)C(C)=C(C)C(=O)O. The average Bonchev–Trinajstić information content (AvgIpc) is 2.32. The zero-order valence-electron chi connectivity index (χ0n) is 10.6. The van der Waals surface area contributed by atoms with E-state index < -0.39 is 5.97 Å². The smallest absolute Gasteiger partial charge is 0.331 e. The maximum Gasteiger partial charge on any atom is 0.331 e. The highest BCUT2D eigenvalue weighted by Gasteiger charge is 2.19. The number of aliphatic carboxylic acids is 1. The molecule has 0 saturated carbocycles. The molecule has 1 amide bonds. The molecule has 1 N–H and O–H groups in total. The molecule has 0 heterocycles. The number of nitrogens with zero attached hydrogens (tertiary/aromatic N) is 2. The lowest BCUT2D eigenvalue weighted by Crippen LogP contribution is -2.35. The maximum atomic E-state index is 12.0. The number of amides is 1. The van der Waals surface area contributed by atoms with Crippen LogP contribution in [0.15, 0.2) is 11.1 Å². The van der Waals surface area contributed by atoms with Gasteiger partial charge in [0.25, 0.3) is 0 Å². The summed E-state index contributed by atoms with van der Waals surface area (Å²) in [6.07, 6.45) is 0. The van der Waals surface area contributed by atoms with Gasteiger partial charge in [0.05, 0.1) is 12.0 Å². The summed E-state index contributed by atoms with van der Waals surface area (Å²) in [5.41, 5.74) is 0.252. The summed E-state index contributed by atoms with van der Waals surface area (Å²) >= 11 is 0. The van der Waals surface area contributed by atoms with Gasteiger partial charge in [-0.15, -0.1) is 0 Å². The van der Waals surface area contributed by atoms with Crippen molar-refractivity contribution < 1.29 is 14.7 Å². The summed E-state index contributed by atoms with van der Waals surface area (Å²) in [4.78, 5) is 24.2. The monoisotopic (exact) mass is 238 g/mol. The van der Waals surface area contributed by atoms with Gasteiger partial charge in [0, 0.05) is 24.2 Å². The van der Waals surface area contributed by atoms with Gasteiger partial charge >= 0.3 is 5.97 Å². The third-order valence-corrected chi connectivity index (χ3v) is 2.59. The molecule has 1 unspecified atom stereocenters. The van der Waals surface area contributed by atoms with Crippen molar-refractivity contribution in [3.05, 3.63) is 11.1 Å². The van der Waals surface area contributed by atoms with Crippen molar-refractivity contribution in [1.29, 1.82) is 5.26 Å². The zero-order valence-corrected chi connectivity index (χ0v) is 10.6. The summed E-state index contributed by atoms with van der Waals surface area (Å²) in [5.74, 6) is -1.69. The summed E-state index contributed by atoms with van der Waals surface area (Å²) in [5, 5.41) is 17.5. The van der Waals surface area contributed by atoms with Crippen LogP contribution < -0.4 is 0 Å². The summed E-state index contributed by atoms with van der Waals surface area (Å²) in [6.45, 7) is 7.18. The Morgan fingerprint density at radius 1 is 1.35 bits per heavy atom. The van der Waals surface area contributed by atoms with Crippen molar-refractivity contribution in [2.45, 2.75) is 27.7 Å². The van der Waals surface area contributed by atoms with Crippen LogP contribution in [0.3, 0.4) is 0 Å². The van der Waals surface area contributed by atoms with Crippen molar-refractivity contribution in [3.8, 4) is 6.07 Å². The number of carboxylic acids is 1. The summed E-state index contributed by atoms with van der Waals surface area (Å²) in [7, 11) is 0. The van der Waals surface area contributed by atoms with E-state index in [1.807, 2.05) is 6.07 Å². The summed E-state index contributed by atoms with van der Waals surface area (Å²) < 4.78 is 0. The van der Waals surface area contributed by atoms with Crippen LogP contribution in [0.4, 0.5) is 0 Å². The van der Waals surface area contributed by atoms with Crippen LogP contribution in [0.5, 0.6) is 0 Å². The second-order valence-corrected chi connectivity index (χ2v) is 3.93. The van der Waals surface area contributed by atoms with E-state index in [0.717, 1.165) is 0 Å². The second-order valence-electron chi connectivity index (χ2n) is 3.93. The average molecular weight is 238 g/mol. The van der Waals surface area contributed by atoms with Crippen LogP contribution in [0.1, 0.15) is 27.7 Å². The summed E-state index contributed by atoms with van der Waals surface area (Å²) in [6, 6.07) is 2.05. The lowest BCUT2D eigenvalue weighted by molar-refractivity contribution is -0.134. The molecule has 0 aromatic rings. The number of hydrogen-bond acceptors (Lipinski definition) is 3. The van der Waals surface area contributed by atoms with E-state index in [9.17, 15) is 9.59 Å². The van der Waals surface area contributed by atoms with Crippen LogP contribution in [0, 0.1) is 17.2 Å². The lowest BCUT2D eigenvalue weighted by Gasteiger charge is -2.22. The molecular formula is C12H18N2O3. The first kappa shape index (κ1) is 15.2. The number of likely N-dealkylation sites (N-methyl/N-ethyl adjacent to an activating group) is 1. The number of carbonyl (C=O) groups excluding carboxylic acids is 1. The van der Waals surface area contributed by atoms with E-state index in [0.29, 0.717) is 13.1 Å². The number of rotatable bonds is 5. The Morgan fingerprint density at radius 2 is 1.88 bits per heavy atom. The molecule has 17 heavy (non-hydrogen) atoms. The molecule has 0 spiro atoms. The lowest BCUT2D eigenvalue weighted by atomic mass is 10.1. The third kappa shape index (κ3) is 4.27. The van der Waals surface area contributed by atoms with Gasteiger partial charge in [0.15, 0.2) is 0 Å². The Hall–Kier alpha value is -1.83. The molecule has 94 valence electrons. The van der Waals surface area contributed by atoms with E-state index in [1.165, 1.54) is 18.7 Å². The van der Waals surface area contributed by atoms with Crippen LogP contribution in [-0.4, -0.2) is 35.0 Å². The van der Waals surface area contributed by atoms with Crippen molar-refractivity contribution in [1.82, 2.24) is 4.90 Å². The van der Waals surface area contributed by atoms with E-state index in [4.69, 9.17) is 10.4 Å².